The molecule has 16 heavy (non-hydrogen) atoms. The van der Waals surface area contributed by atoms with Crippen molar-refractivity contribution in [2.75, 3.05) is 7.11 Å². The highest BCUT2D eigenvalue weighted by atomic mass is 79.9. The second kappa shape index (κ2) is 5.34. The average molecular weight is 294 g/mol. The SMILES string of the molecule is COC(=O)Cc1c(Br)ncc(C(F)F)c1C. The monoisotopic (exact) mass is 293 g/mol. The minimum Gasteiger partial charge on any atom is -0.469 e. The molecule has 0 spiro atoms. The molecule has 0 aliphatic carbocycles. The van der Waals surface area contributed by atoms with Gasteiger partial charge in [-0.2, -0.15) is 0 Å². The first-order chi connectivity index (χ1) is 7.47. The zero-order chi connectivity index (χ0) is 12.3. The number of nitrogens with zero attached hydrogens (tertiary/aromatic N) is 1. The van der Waals surface area contributed by atoms with Crippen LogP contribution in [0.25, 0.3) is 0 Å². The van der Waals surface area contributed by atoms with Gasteiger partial charge in [0.25, 0.3) is 6.43 Å². The quantitative estimate of drug-likeness (QED) is 0.635. The highest BCUT2D eigenvalue weighted by Crippen LogP contribution is 2.28. The summed E-state index contributed by atoms with van der Waals surface area (Å²) in [4.78, 5) is 14.9. The number of alkyl halides is 2. The molecule has 0 saturated heterocycles. The van der Waals surface area contributed by atoms with Crippen LogP contribution >= 0.6 is 15.9 Å². The smallest absolute Gasteiger partial charge is 0.310 e. The van der Waals surface area contributed by atoms with E-state index in [1.54, 1.807) is 0 Å². The first-order valence-electron chi connectivity index (χ1n) is 4.46. The van der Waals surface area contributed by atoms with Gasteiger partial charge in [0.05, 0.1) is 13.5 Å². The van der Waals surface area contributed by atoms with Crippen molar-refractivity contribution in [1.82, 2.24) is 4.98 Å². The van der Waals surface area contributed by atoms with Crippen LogP contribution in [-0.4, -0.2) is 18.1 Å². The van der Waals surface area contributed by atoms with E-state index >= 15 is 0 Å². The van der Waals surface area contributed by atoms with Gasteiger partial charge in [-0.05, 0) is 34.0 Å². The fraction of sp³-hybridized carbons (Fsp3) is 0.400. The summed E-state index contributed by atoms with van der Waals surface area (Å²) >= 11 is 3.12. The van der Waals surface area contributed by atoms with Crippen molar-refractivity contribution in [2.24, 2.45) is 0 Å². The van der Waals surface area contributed by atoms with Crippen LogP contribution in [0.4, 0.5) is 8.78 Å². The summed E-state index contributed by atoms with van der Waals surface area (Å²) in [6.45, 7) is 1.53. The molecular formula is C10H10BrF2NO2. The number of aromatic nitrogens is 1. The van der Waals surface area contributed by atoms with E-state index in [1.807, 2.05) is 0 Å². The minimum atomic E-state index is -2.60. The third-order valence-corrected chi connectivity index (χ3v) is 2.92. The van der Waals surface area contributed by atoms with E-state index in [4.69, 9.17) is 0 Å². The Bertz CT molecular complexity index is 410. The van der Waals surface area contributed by atoms with Gasteiger partial charge in [0.15, 0.2) is 0 Å². The standard InChI is InChI=1S/C10H10BrF2NO2/c1-5-6(3-8(15)16-2)9(11)14-4-7(5)10(12)13/h4,10H,3H2,1-2H3. The second-order valence-electron chi connectivity index (χ2n) is 3.16. The number of hydrogen-bond donors (Lipinski definition) is 0. The summed E-state index contributed by atoms with van der Waals surface area (Å²) in [5.41, 5.74) is 0.633. The van der Waals surface area contributed by atoms with Crippen LogP contribution < -0.4 is 0 Å². The maximum atomic E-state index is 12.6. The Labute approximate surface area is 99.9 Å². The van der Waals surface area contributed by atoms with E-state index < -0.39 is 12.4 Å². The fourth-order valence-corrected chi connectivity index (χ4v) is 1.81. The van der Waals surface area contributed by atoms with Gasteiger partial charge in [-0.3, -0.25) is 4.79 Å². The van der Waals surface area contributed by atoms with Gasteiger partial charge in [0.1, 0.15) is 4.60 Å². The predicted octanol–water partition coefficient (Wildman–Crippen LogP) is 2.81. The molecule has 0 aliphatic heterocycles. The average Bonchev–Trinajstić information content (AvgIpc) is 2.23. The Morgan fingerprint density at radius 1 is 1.62 bits per heavy atom. The summed E-state index contributed by atoms with van der Waals surface area (Å²) in [5.74, 6) is -0.489. The lowest BCUT2D eigenvalue weighted by atomic mass is 10.0. The summed E-state index contributed by atoms with van der Waals surface area (Å²) < 4.78 is 30.1. The highest BCUT2D eigenvalue weighted by molar-refractivity contribution is 9.10. The van der Waals surface area contributed by atoms with Crippen molar-refractivity contribution in [3.8, 4) is 0 Å². The van der Waals surface area contributed by atoms with Gasteiger partial charge in [0.2, 0.25) is 0 Å². The van der Waals surface area contributed by atoms with E-state index in [1.165, 1.54) is 14.0 Å². The van der Waals surface area contributed by atoms with Crippen molar-refractivity contribution in [3.05, 3.63) is 27.5 Å². The third-order valence-electron chi connectivity index (χ3n) is 2.24. The van der Waals surface area contributed by atoms with Crippen molar-refractivity contribution in [1.29, 1.82) is 0 Å². The lowest BCUT2D eigenvalue weighted by Crippen LogP contribution is -2.09. The Kier molecular flexibility index (Phi) is 4.35. The number of esters is 1. The van der Waals surface area contributed by atoms with Gasteiger partial charge < -0.3 is 4.74 Å². The molecule has 88 valence electrons. The molecule has 0 N–H and O–H groups in total. The van der Waals surface area contributed by atoms with Crippen LogP contribution in [0.2, 0.25) is 0 Å². The lowest BCUT2D eigenvalue weighted by molar-refractivity contribution is -0.139. The van der Waals surface area contributed by atoms with Gasteiger partial charge in [-0.25, -0.2) is 13.8 Å². The molecule has 1 aromatic rings. The van der Waals surface area contributed by atoms with Crippen molar-refractivity contribution in [2.45, 2.75) is 19.8 Å². The van der Waals surface area contributed by atoms with E-state index in [9.17, 15) is 13.6 Å². The van der Waals surface area contributed by atoms with E-state index in [2.05, 4.69) is 25.7 Å². The Balaban J connectivity index is 3.16. The zero-order valence-electron chi connectivity index (χ0n) is 8.76. The Morgan fingerprint density at radius 3 is 2.75 bits per heavy atom. The molecule has 6 heteroatoms. The molecule has 0 unspecified atom stereocenters. The van der Waals surface area contributed by atoms with Crippen LogP contribution in [-0.2, 0) is 16.0 Å². The maximum Gasteiger partial charge on any atom is 0.310 e. The topological polar surface area (TPSA) is 39.2 Å². The molecule has 0 aliphatic rings. The Hall–Kier alpha value is -1.04. The van der Waals surface area contributed by atoms with Crippen LogP contribution in [0.5, 0.6) is 0 Å². The van der Waals surface area contributed by atoms with Crippen LogP contribution in [0.15, 0.2) is 10.8 Å². The van der Waals surface area contributed by atoms with Crippen molar-refractivity contribution in [3.63, 3.8) is 0 Å². The summed E-state index contributed by atoms with van der Waals surface area (Å²) in [5, 5.41) is 0. The highest BCUT2D eigenvalue weighted by Gasteiger charge is 2.18. The van der Waals surface area contributed by atoms with Crippen molar-refractivity contribution >= 4 is 21.9 Å². The molecule has 0 atom stereocenters. The van der Waals surface area contributed by atoms with Gasteiger partial charge in [0, 0.05) is 11.8 Å². The number of pyridine rings is 1. The molecule has 0 bridgehead atoms. The van der Waals surface area contributed by atoms with Crippen molar-refractivity contribution < 1.29 is 18.3 Å². The molecular weight excluding hydrogens is 284 g/mol. The normalized spacial score (nSPS) is 10.6. The van der Waals surface area contributed by atoms with E-state index in [0.29, 0.717) is 15.7 Å². The number of rotatable bonds is 3. The van der Waals surface area contributed by atoms with E-state index in [0.717, 1.165) is 6.20 Å². The largest absolute Gasteiger partial charge is 0.469 e. The lowest BCUT2D eigenvalue weighted by Gasteiger charge is -2.11. The molecule has 1 heterocycles. The molecule has 3 nitrogen and oxygen atoms in total. The van der Waals surface area contributed by atoms with E-state index in [-0.39, 0.29) is 12.0 Å². The number of methoxy groups -OCH3 is 1. The maximum absolute atomic E-state index is 12.6. The Morgan fingerprint density at radius 2 is 2.25 bits per heavy atom. The summed E-state index contributed by atoms with van der Waals surface area (Å²) in [6, 6.07) is 0. The molecule has 0 fully saturated rings. The second-order valence-corrected chi connectivity index (χ2v) is 3.91. The molecule has 1 rings (SSSR count). The zero-order valence-corrected chi connectivity index (χ0v) is 10.3. The van der Waals surface area contributed by atoms with Crippen LogP contribution in [0, 0.1) is 6.92 Å². The number of carbonyl (C=O) groups is 1. The number of carbonyl (C=O) groups excluding carboxylic acids is 1. The molecule has 0 aromatic carbocycles. The molecule has 0 amide bonds. The predicted molar refractivity (Wildman–Crippen MR) is 57.4 cm³/mol. The number of halogens is 3. The van der Waals surface area contributed by atoms with Crippen LogP contribution in [0.1, 0.15) is 23.1 Å². The molecule has 0 saturated carbocycles. The van der Waals surface area contributed by atoms with Gasteiger partial charge >= 0.3 is 5.97 Å². The number of hydrogen-bond acceptors (Lipinski definition) is 3. The summed E-state index contributed by atoms with van der Waals surface area (Å²) in [6.07, 6.45) is -1.57. The van der Waals surface area contributed by atoms with Gasteiger partial charge in [-0.15, -0.1) is 0 Å². The summed E-state index contributed by atoms with van der Waals surface area (Å²) in [7, 11) is 1.25. The first-order valence-corrected chi connectivity index (χ1v) is 5.25. The number of ether oxygens (including phenoxy) is 1. The third kappa shape index (κ3) is 2.75. The minimum absolute atomic E-state index is 0.0729. The van der Waals surface area contributed by atoms with Crippen LogP contribution in [0.3, 0.4) is 0 Å². The van der Waals surface area contributed by atoms with Gasteiger partial charge in [-0.1, -0.05) is 0 Å². The first kappa shape index (κ1) is 13.0. The fourth-order valence-electron chi connectivity index (χ4n) is 1.27. The molecule has 1 aromatic heterocycles. The molecule has 0 radical (unpaired) electrons.